The molecular weight excluding hydrogens is 320 g/mol. The zero-order valence-electron chi connectivity index (χ0n) is 14.6. The molecule has 2 aromatic rings. The highest BCUT2D eigenvalue weighted by molar-refractivity contribution is 6.05. The van der Waals surface area contributed by atoms with E-state index in [1.54, 1.807) is 76.6 Å². The average Bonchev–Trinajstić information content (AvgIpc) is 2.63. The minimum absolute atomic E-state index is 0.347. The summed E-state index contributed by atoms with van der Waals surface area (Å²) in [5.74, 6) is 1.01. The van der Waals surface area contributed by atoms with E-state index in [-0.39, 0.29) is 5.91 Å². The average molecular weight is 340 g/mol. The first-order valence-corrected chi connectivity index (χ1v) is 7.62. The van der Waals surface area contributed by atoms with Crippen LogP contribution in [0.1, 0.15) is 13.8 Å². The van der Waals surface area contributed by atoms with Crippen molar-refractivity contribution in [3.05, 3.63) is 59.0 Å². The Hall–Kier alpha value is -3.18. The molecule has 0 aromatic heterocycles. The van der Waals surface area contributed by atoms with E-state index in [9.17, 15) is 4.79 Å². The molecule has 0 atom stereocenters. The molecule has 7 nitrogen and oxygen atoms in total. The van der Waals surface area contributed by atoms with Crippen LogP contribution in [0.2, 0.25) is 0 Å². The van der Waals surface area contributed by atoms with Crippen molar-refractivity contribution in [2.45, 2.75) is 19.4 Å². The van der Waals surface area contributed by atoms with Crippen LogP contribution in [0.5, 0.6) is 11.5 Å². The molecule has 2 aromatic carbocycles. The molecule has 0 heterocycles. The second-order valence-electron chi connectivity index (χ2n) is 5.79. The molecule has 0 radical (unpaired) electrons. The van der Waals surface area contributed by atoms with E-state index in [4.69, 9.17) is 15.0 Å². The minimum Gasteiger partial charge on any atom is -0.497 e. The van der Waals surface area contributed by atoms with Crippen molar-refractivity contribution in [2.24, 2.45) is 5.11 Å². The molecule has 2 rings (SSSR count). The number of azide groups is 1. The van der Waals surface area contributed by atoms with Gasteiger partial charge in [-0.3, -0.25) is 9.69 Å². The van der Waals surface area contributed by atoms with Crippen molar-refractivity contribution in [3.63, 3.8) is 0 Å². The van der Waals surface area contributed by atoms with Crippen LogP contribution in [0.4, 0.5) is 11.4 Å². The fourth-order valence-corrected chi connectivity index (χ4v) is 2.27. The van der Waals surface area contributed by atoms with Gasteiger partial charge in [0.15, 0.2) is 0 Å². The van der Waals surface area contributed by atoms with Gasteiger partial charge in [0.2, 0.25) is 5.91 Å². The van der Waals surface area contributed by atoms with Gasteiger partial charge >= 0.3 is 0 Å². The third-order valence-electron chi connectivity index (χ3n) is 3.68. The van der Waals surface area contributed by atoms with Gasteiger partial charge in [0, 0.05) is 16.3 Å². The number of amides is 1. The Balaban J connectivity index is 2.53. The van der Waals surface area contributed by atoms with Gasteiger partial charge in [0.1, 0.15) is 17.0 Å². The first kappa shape index (κ1) is 18.2. The summed E-state index contributed by atoms with van der Waals surface area (Å²) in [6.07, 6.45) is 0. The van der Waals surface area contributed by atoms with Gasteiger partial charge in [-0.15, -0.1) is 0 Å². The number of carbonyl (C=O) groups excluding carboxylic acids is 1. The highest BCUT2D eigenvalue weighted by Gasteiger charge is 2.33. The standard InChI is InChI=1S/C18H20N4O3/c1-18(2,20-21-19)17(23)22(13-5-9-15(24-3)10-6-13)14-7-11-16(25-4)12-8-14/h5-12H,1-4H3. The Morgan fingerprint density at radius 3 is 1.68 bits per heavy atom. The van der Waals surface area contributed by atoms with Crippen molar-refractivity contribution in [1.82, 2.24) is 0 Å². The lowest BCUT2D eigenvalue weighted by Crippen LogP contribution is -2.41. The summed E-state index contributed by atoms with van der Waals surface area (Å²) < 4.78 is 10.3. The Labute approximate surface area is 146 Å². The Morgan fingerprint density at radius 2 is 1.36 bits per heavy atom. The smallest absolute Gasteiger partial charge is 0.243 e. The second kappa shape index (κ2) is 7.59. The first-order valence-electron chi connectivity index (χ1n) is 7.62. The van der Waals surface area contributed by atoms with Gasteiger partial charge in [-0.05, 0) is 67.9 Å². The number of rotatable bonds is 6. The first-order chi connectivity index (χ1) is 11.9. The van der Waals surface area contributed by atoms with Crippen molar-refractivity contribution < 1.29 is 14.3 Å². The lowest BCUT2D eigenvalue weighted by Gasteiger charge is -2.29. The normalized spacial score (nSPS) is 10.6. The van der Waals surface area contributed by atoms with E-state index in [1.807, 2.05) is 0 Å². The number of nitrogens with zero attached hydrogens (tertiary/aromatic N) is 4. The molecule has 0 fully saturated rings. The topological polar surface area (TPSA) is 87.5 Å². The van der Waals surface area contributed by atoms with Crippen molar-refractivity contribution >= 4 is 17.3 Å². The molecule has 130 valence electrons. The predicted molar refractivity (Wildman–Crippen MR) is 96.4 cm³/mol. The van der Waals surface area contributed by atoms with E-state index in [0.717, 1.165) is 0 Å². The molecule has 0 N–H and O–H groups in total. The quantitative estimate of drug-likeness (QED) is 0.442. The summed E-state index contributed by atoms with van der Waals surface area (Å²) in [5.41, 5.74) is 8.80. The molecule has 25 heavy (non-hydrogen) atoms. The van der Waals surface area contributed by atoms with Crippen LogP contribution < -0.4 is 14.4 Å². The highest BCUT2D eigenvalue weighted by atomic mass is 16.5. The second-order valence-corrected chi connectivity index (χ2v) is 5.79. The maximum Gasteiger partial charge on any atom is 0.243 e. The molecule has 0 unspecified atom stereocenters. The molecule has 0 aliphatic carbocycles. The number of anilines is 2. The van der Waals surface area contributed by atoms with E-state index in [0.29, 0.717) is 22.9 Å². The van der Waals surface area contributed by atoms with Crippen molar-refractivity contribution in [1.29, 1.82) is 0 Å². The molecule has 0 aliphatic rings. The summed E-state index contributed by atoms with van der Waals surface area (Å²) in [4.78, 5) is 17.4. The molecule has 7 heteroatoms. The van der Waals surface area contributed by atoms with Gasteiger partial charge in [-0.2, -0.15) is 0 Å². The van der Waals surface area contributed by atoms with Crippen LogP contribution in [0, 0.1) is 0 Å². The van der Waals surface area contributed by atoms with Crippen LogP contribution in [0.25, 0.3) is 10.4 Å². The van der Waals surface area contributed by atoms with Gasteiger partial charge in [0.25, 0.3) is 0 Å². The van der Waals surface area contributed by atoms with Crippen molar-refractivity contribution in [3.8, 4) is 11.5 Å². The number of ether oxygens (including phenoxy) is 2. The number of benzene rings is 2. The molecule has 0 spiro atoms. The number of hydrogen-bond donors (Lipinski definition) is 0. The van der Waals surface area contributed by atoms with Gasteiger partial charge in [0.05, 0.1) is 14.2 Å². The van der Waals surface area contributed by atoms with Crippen LogP contribution in [0.15, 0.2) is 53.6 Å². The van der Waals surface area contributed by atoms with Crippen LogP contribution in [-0.4, -0.2) is 25.7 Å². The molecule has 0 bridgehead atoms. The predicted octanol–water partition coefficient (Wildman–Crippen LogP) is 4.46. The summed E-state index contributed by atoms with van der Waals surface area (Å²) in [6, 6.07) is 14.1. The Morgan fingerprint density at radius 1 is 0.960 bits per heavy atom. The van der Waals surface area contributed by atoms with E-state index >= 15 is 0 Å². The van der Waals surface area contributed by atoms with E-state index in [2.05, 4.69) is 10.0 Å². The van der Waals surface area contributed by atoms with Crippen LogP contribution in [-0.2, 0) is 4.79 Å². The highest BCUT2D eigenvalue weighted by Crippen LogP contribution is 2.32. The van der Waals surface area contributed by atoms with Gasteiger partial charge in [-0.1, -0.05) is 5.11 Å². The monoisotopic (exact) mass is 340 g/mol. The molecule has 1 amide bonds. The number of methoxy groups -OCH3 is 2. The van der Waals surface area contributed by atoms with Crippen molar-refractivity contribution in [2.75, 3.05) is 19.1 Å². The summed E-state index contributed by atoms with van der Waals surface area (Å²) in [6.45, 7) is 3.16. The zero-order chi connectivity index (χ0) is 18.4. The summed E-state index contributed by atoms with van der Waals surface area (Å²) in [5, 5.41) is 3.64. The lowest BCUT2D eigenvalue weighted by atomic mass is 10.0. The fraction of sp³-hybridized carbons (Fsp3) is 0.278. The van der Waals surface area contributed by atoms with Crippen LogP contribution in [0.3, 0.4) is 0 Å². The van der Waals surface area contributed by atoms with Gasteiger partial charge < -0.3 is 9.47 Å². The Kier molecular flexibility index (Phi) is 5.52. The maximum atomic E-state index is 13.1. The van der Waals surface area contributed by atoms with Crippen LogP contribution >= 0.6 is 0 Å². The fourth-order valence-electron chi connectivity index (χ4n) is 2.27. The number of hydrogen-bond acceptors (Lipinski definition) is 4. The zero-order valence-corrected chi connectivity index (χ0v) is 14.6. The lowest BCUT2D eigenvalue weighted by molar-refractivity contribution is -0.121. The molecule has 0 saturated heterocycles. The van der Waals surface area contributed by atoms with Gasteiger partial charge in [-0.25, -0.2) is 0 Å². The third kappa shape index (κ3) is 4.02. The maximum absolute atomic E-state index is 13.1. The third-order valence-corrected chi connectivity index (χ3v) is 3.68. The largest absolute Gasteiger partial charge is 0.497 e. The molecule has 0 aliphatic heterocycles. The Bertz CT molecular complexity index is 731. The summed E-state index contributed by atoms with van der Waals surface area (Å²) >= 11 is 0. The molecule has 0 saturated carbocycles. The van der Waals surface area contributed by atoms with E-state index in [1.165, 1.54) is 4.90 Å². The summed E-state index contributed by atoms with van der Waals surface area (Å²) in [7, 11) is 3.15. The molecular formula is C18H20N4O3. The number of carbonyl (C=O) groups is 1. The SMILES string of the molecule is COc1ccc(N(C(=O)C(C)(C)N=[N+]=[N-])c2ccc(OC)cc2)cc1. The van der Waals surface area contributed by atoms with E-state index < -0.39 is 5.54 Å². The minimum atomic E-state index is -1.24.